The molecule has 2 aromatic carbocycles. The summed E-state index contributed by atoms with van der Waals surface area (Å²) in [6.07, 6.45) is 4.45. The number of nitrogens with zero attached hydrogens (tertiary/aromatic N) is 2. The summed E-state index contributed by atoms with van der Waals surface area (Å²) < 4.78 is 5.82. The third-order valence-electron chi connectivity index (χ3n) is 5.31. The van der Waals surface area contributed by atoms with Gasteiger partial charge in [0.05, 0.1) is 5.56 Å². The van der Waals surface area contributed by atoms with Crippen LogP contribution < -0.4 is 4.74 Å². The highest BCUT2D eigenvalue weighted by molar-refractivity contribution is 5.97. The van der Waals surface area contributed by atoms with Crippen molar-refractivity contribution in [3.8, 4) is 5.75 Å². The van der Waals surface area contributed by atoms with Crippen LogP contribution in [-0.4, -0.2) is 47.9 Å². The minimum atomic E-state index is -0.0887. The molecule has 0 atom stereocenters. The van der Waals surface area contributed by atoms with Crippen LogP contribution >= 0.6 is 0 Å². The third kappa shape index (κ3) is 5.83. The van der Waals surface area contributed by atoms with E-state index in [1.165, 1.54) is 12.8 Å². The van der Waals surface area contributed by atoms with Crippen LogP contribution in [0.2, 0.25) is 0 Å². The van der Waals surface area contributed by atoms with Crippen LogP contribution in [0.5, 0.6) is 5.75 Å². The maximum atomic E-state index is 13.1. The Hall–Kier alpha value is -2.82. The molecule has 5 nitrogen and oxygen atoms in total. The molecule has 0 aliphatic carbocycles. The highest BCUT2D eigenvalue weighted by Gasteiger charge is 2.21. The molecule has 2 amide bonds. The Morgan fingerprint density at radius 1 is 0.931 bits per heavy atom. The van der Waals surface area contributed by atoms with Crippen LogP contribution in [0.4, 0.5) is 0 Å². The average molecular weight is 395 g/mol. The summed E-state index contributed by atoms with van der Waals surface area (Å²) in [5, 5.41) is 0. The number of carbonyl (C=O) groups is 2. The Bertz CT molecular complexity index is 799. The van der Waals surface area contributed by atoms with Crippen LogP contribution in [0.3, 0.4) is 0 Å². The van der Waals surface area contributed by atoms with E-state index in [1.807, 2.05) is 54.3 Å². The maximum Gasteiger partial charge on any atom is 0.260 e. The number of amides is 2. The minimum absolute atomic E-state index is 0.00853. The molecule has 3 rings (SSSR count). The quantitative estimate of drug-likeness (QED) is 0.709. The van der Waals surface area contributed by atoms with Crippen molar-refractivity contribution in [2.45, 2.75) is 39.2 Å². The first kappa shape index (κ1) is 20.9. The molecule has 1 heterocycles. The summed E-state index contributed by atoms with van der Waals surface area (Å²) in [6, 6.07) is 17.1. The lowest BCUT2D eigenvalue weighted by Gasteiger charge is -2.23. The molecule has 0 radical (unpaired) electrons. The monoisotopic (exact) mass is 394 g/mol. The Balaban J connectivity index is 1.67. The van der Waals surface area contributed by atoms with Crippen molar-refractivity contribution in [3.63, 3.8) is 0 Å². The fourth-order valence-electron chi connectivity index (χ4n) is 3.62. The SMILES string of the molecule is CCN(Cc1ccccc1)C(=O)c1ccccc1OCC(=O)N1CCCCCC1. The second-order valence-corrected chi connectivity index (χ2v) is 7.38. The molecule has 1 aliphatic heterocycles. The number of benzene rings is 2. The fraction of sp³-hybridized carbons (Fsp3) is 0.417. The number of hydrogen-bond donors (Lipinski definition) is 0. The lowest BCUT2D eigenvalue weighted by Crippen LogP contribution is -2.36. The van der Waals surface area contributed by atoms with Crippen molar-refractivity contribution in [1.29, 1.82) is 0 Å². The third-order valence-corrected chi connectivity index (χ3v) is 5.31. The van der Waals surface area contributed by atoms with Crippen LogP contribution in [0.15, 0.2) is 54.6 Å². The molecule has 1 fully saturated rings. The van der Waals surface area contributed by atoms with Gasteiger partial charge in [0, 0.05) is 26.2 Å². The molecule has 154 valence electrons. The van der Waals surface area contributed by atoms with Crippen LogP contribution in [0.25, 0.3) is 0 Å². The Kier molecular flexibility index (Phi) is 7.68. The number of ether oxygens (including phenoxy) is 1. The number of likely N-dealkylation sites (tertiary alicyclic amines) is 1. The smallest absolute Gasteiger partial charge is 0.260 e. The van der Waals surface area contributed by atoms with E-state index in [9.17, 15) is 9.59 Å². The van der Waals surface area contributed by atoms with E-state index in [2.05, 4.69) is 0 Å². The predicted molar refractivity (Wildman–Crippen MR) is 114 cm³/mol. The Morgan fingerprint density at radius 2 is 1.59 bits per heavy atom. The normalized spacial score (nSPS) is 14.2. The lowest BCUT2D eigenvalue weighted by atomic mass is 10.1. The molecule has 2 aromatic rings. The van der Waals surface area contributed by atoms with Gasteiger partial charge in [-0.05, 0) is 37.5 Å². The molecule has 29 heavy (non-hydrogen) atoms. The van der Waals surface area contributed by atoms with Gasteiger partial charge in [-0.15, -0.1) is 0 Å². The molecule has 5 heteroatoms. The van der Waals surface area contributed by atoms with E-state index >= 15 is 0 Å². The Labute approximate surface area is 173 Å². The molecule has 0 aromatic heterocycles. The van der Waals surface area contributed by atoms with Crippen molar-refractivity contribution in [3.05, 3.63) is 65.7 Å². The number of para-hydroxylation sites is 1. The van der Waals surface area contributed by atoms with E-state index < -0.39 is 0 Å². The molecule has 0 unspecified atom stereocenters. The van der Waals surface area contributed by atoms with Gasteiger partial charge in [-0.25, -0.2) is 0 Å². The van der Waals surface area contributed by atoms with Gasteiger partial charge in [0.2, 0.25) is 0 Å². The van der Waals surface area contributed by atoms with Gasteiger partial charge in [0.25, 0.3) is 11.8 Å². The van der Waals surface area contributed by atoms with Crippen LogP contribution in [0.1, 0.15) is 48.5 Å². The van der Waals surface area contributed by atoms with E-state index in [-0.39, 0.29) is 18.4 Å². The summed E-state index contributed by atoms with van der Waals surface area (Å²) in [4.78, 5) is 29.4. The van der Waals surface area contributed by atoms with Gasteiger partial charge in [0.1, 0.15) is 5.75 Å². The average Bonchev–Trinajstić information content (AvgIpc) is 3.06. The standard InChI is InChI=1S/C24H30N2O3/c1-2-25(18-20-12-6-5-7-13-20)24(28)21-14-8-9-15-22(21)29-19-23(27)26-16-10-3-4-11-17-26/h5-9,12-15H,2-4,10-11,16-19H2,1H3. The molecule has 0 spiro atoms. The number of rotatable bonds is 7. The first-order valence-electron chi connectivity index (χ1n) is 10.5. The molecule has 1 saturated heterocycles. The molecule has 0 bridgehead atoms. The van der Waals surface area contributed by atoms with Crippen LogP contribution in [-0.2, 0) is 11.3 Å². The van der Waals surface area contributed by atoms with E-state index in [4.69, 9.17) is 4.74 Å². The van der Waals surface area contributed by atoms with Crippen molar-refractivity contribution >= 4 is 11.8 Å². The summed E-state index contributed by atoms with van der Waals surface area (Å²) in [5.41, 5.74) is 1.58. The summed E-state index contributed by atoms with van der Waals surface area (Å²) in [6.45, 7) is 4.65. The minimum Gasteiger partial charge on any atom is -0.483 e. The second-order valence-electron chi connectivity index (χ2n) is 7.38. The second kappa shape index (κ2) is 10.6. The zero-order valence-corrected chi connectivity index (χ0v) is 17.2. The van der Waals surface area contributed by atoms with Crippen molar-refractivity contribution in [2.75, 3.05) is 26.2 Å². The first-order chi connectivity index (χ1) is 14.2. The molecule has 0 saturated carbocycles. The van der Waals surface area contributed by atoms with E-state index in [0.717, 1.165) is 31.5 Å². The summed E-state index contributed by atoms with van der Waals surface area (Å²) >= 11 is 0. The van der Waals surface area contributed by atoms with E-state index in [1.54, 1.807) is 17.0 Å². The van der Waals surface area contributed by atoms with Gasteiger partial charge in [-0.1, -0.05) is 55.3 Å². The zero-order valence-electron chi connectivity index (χ0n) is 17.2. The van der Waals surface area contributed by atoms with Crippen molar-refractivity contribution in [2.24, 2.45) is 0 Å². The summed E-state index contributed by atoms with van der Waals surface area (Å²) in [7, 11) is 0. The summed E-state index contributed by atoms with van der Waals surface area (Å²) in [5.74, 6) is 0.368. The van der Waals surface area contributed by atoms with Crippen LogP contribution in [0, 0.1) is 0 Å². The molecule has 1 aliphatic rings. The number of hydrogen-bond acceptors (Lipinski definition) is 3. The lowest BCUT2D eigenvalue weighted by molar-refractivity contribution is -0.133. The van der Waals surface area contributed by atoms with Gasteiger partial charge in [0.15, 0.2) is 6.61 Å². The van der Waals surface area contributed by atoms with Crippen molar-refractivity contribution in [1.82, 2.24) is 9.80 Å². The van der Waals surface area contributed by atoms with Gasteiger partial charge >= 0.3 is 0 Å². The highest BCUT2D eigenvalue weighted by Crippen LogP contribution is 2.21. The predicted octanol–water partition coefficient (Wildman–Crippen LogP) is 4.13. The Morgan fingerprint density at radius 3 is 2.28 bits per heavy atom. The first-order valence-corrected chi connectivity index (χ1v) is 10.5. The molecule has 0 N–H and O–H groups in total. The zero-order chi connectivity index (χ0) is 20.5. The van der Waals surface area contributed by atoms with Gasteiger partial charge in [-0.2, -0.15) is 0 Å². The largest absolute Gasteiger partial charge is 0.483 e. The van der Waals surface area contributed by atoms with E-state index in [0.29, 0.717) is 24.4 Å². The maximum absolute atomic E-state index is 13.1. The fourth-order valence-corrected chi connectivity index (χ4v) is 3.62. The molecular weight excluding hydrogens is 364 g/mol. The van der Waals surface area contributed by atoms with Gasteiger partial charge in [-0.3, -0.25) is 9.59 Å². The van der Waals surface area contributed by atoms with Crippen molar-refractivity contribution < 1.29 is 14.3 Å². The van der Waals surface area contributed by atoms with Gasteiger partial charge < -0.3 is 14.5 Å². The highest BCUT2D eigenvalue weighted by atomic mass is 16.5. The molecular formula is C24H30N2O3. The number of carbonyl (C=O) groups excluding carboxylic acids is 2. The topological polar surface area (TPSA) is 49.9 Å².